The van der Waals surface area contributed by atoms with E-state index in [1.165, 1.54) is 5.56 Å². The van der Waals surface area contributed by atoms with E-state index >= 15 is 0 Å². The summed E-state index contributed by atoms with van der Waals surface area (Å²) in [5.41, 5.74) is 3.50. The molecule has 0 fully saturated rings. The summed E-state index contributed by atoms with van der Waals surface area (Å²) in [6.07, 6.45) is 3.61. The zero-order valence-electron chi connectivity index (χ0n) is 14.9. The molecule has 0 atom stereocenters. The van der Waals surface area contributed by atoms with Crippen molar-refractivity contribution in [3.8, 4) is 5.75 Å². The summed E-state index contributed by atoms with van der Waals surface area (Å²) >= 11 is 0. The second kappa shape index (κ2) is 6.21. The predicted molar refractivity (Wildman–Crippen MR) is 104 cm³/mol. The lowest BCUT2D eigenvalue weighted by atomic mass is 10.00. The van der Waals surface area contributed by atoms with Gasteiger partial charge in [0, 0.05) is 42.0 Å². The number of nitrogens with zero attached hydrogens (tertiary/aromatic N) is 2. The van der Waals surface area contributed by atoms with Crippen LogP contribution in [-0.4, -0.2) is 16.6 Å². The van der Waals surface area contributed by atoms with Gasteiger partial charge in [-0.2, -0.15) is 0 Å². The first-order chi connectivity index (χ1) is 13.2. The van der Waals surface area contributed by atoms with Crippen LogP contribution in [0.5, 0.6) is 5.75 Å². The van der Waals surface area contributed by atoms with Crippen molar-refractivity contribution in [1.82, 2.24) is 9.88 Å². The van der Waals surface area contributed by atoms with E-state index in [1.54, 1.807) is 12.4 Å². The number of hydrogen-bond donors (Lipinski definition) is 0. The monoisotopic (exact) mass is 358 g/mol. The zero-order valence-corrected chi connectivity index (χ0v) is 14.9. The van der Waals surface area contributed by atoms with Crippen molar-refractivity contribution < 1.29 is 9.15 Å². The van der Waals surface area contributed by atoms with Gasteiger partial charge in [0.05, 0.1) is 5.39 Å². The maximum atomic E-state index is 12.3. The van der Waals surface area contributed by atoms with Crippen molar-refractivity contribution in [1.29, 1.82) is 0 Å². The summed E-state index contributed by atoms with van der Waals surface area (Å²) in [5.74, 6) is 0.826. The van der Waals surface area contributed by atoms with Gasteiger partial charge in [-0.25, -0.2) is 4.79 Å². The largest absolute Gasteiger partial charge is 0.477 e. The fourth-order valence-electron chi connectivity index (χ4n) is 3.84. The number of hydrogen-bond acceptors (Lipinski definition) is 5. The lowest BCUT2D eigenvalue weighted by Gasteiger charge is -2.30. The van der Waals surface area contributed by atoms with Gasteiger partial charge in [-0.15, -0.1) is 0 Å². The van der Waals surface area contributed by atoms with Crippen LogP contribution in [0.3, 0.4) is 0 Å². The summed E-state index contributed by atoms with van der Waals surface area (Å²) in [4.78, 5) is 18.7. The molecule has 2 aromatic carbocycles. The number of rotatable bonds is 2. The Morgan fingerprint density at radius 3 is 2.67 bits per heavy atom. The van der Waals surface area contributed by atoms with E-state index in [0.29, 0.717) is 17.7 Å². The van der Waals surface area contributed by atoms with E-state index in [4.69, 9.17) is 9.15 Å². The molecule has 27 heavy (non-hydrogen) atoms. The summed E-state index contributed by atoms with van der Waals surface area (Å²) in [5, 5.41) is 2.48. The van der Waals surface area contributed by atoms with Crippen LogP contribution in [-0.2, 0) is 13.1 Å². The van der Waals surface area contributed by atoms with Crippen molar-refractivity contribution >= 4 is 21.7 Å². The Morgan fingerprint density at radius 1 is 1.07 bits per heavy atom. The van der Waals surface area contributed by atoms with E-state index in [-0.39, 0.29) is 5.63 Å². The van der Waals surface area contributed by atoms with Crippen molar-refractivity contribution in [2.45, 2.75) is 20.0 Å². The second-order valence-electron chi connectivity index (χ2n) is 6.92. The van der Waals surface area contributed by atoms with Gasteiger partial charge in [-0.05, 0) is 42.1 Å². The highest BCUT2D eigenvalue weighted by Gasteiger charge is 2.23. The molecule has 3 heterocycles. The molecule has 1 aliphatic rings. The molecule has 0 amide bonds. The van der Waals surface area contributed by atoms with Crippen LogP contribution in [0, 0.1) is 6.92 Å². The highest BCUT2D eigenvalue weighted by molar-refractivity contribution is 6.06. The van der Waals surface area contributed by atoms with Crippen LogP contribution in [0.1, 0.15) is 16.7 Å². The minimum Gasteiger partial charge on any atom is -0.477 e. The number of ether oxygens (including phenoxy) is 1. The molecular weight excluding hydrogens is 340 g/mol. The Hall–Kier alpha value is -3.18. The molecule has 5 rings (SSSR count). The van der Waals surface area contributed by atoms with Gasteiger partial charge < -0.3 is 9.15 Å². The Kier molecular flexibility index (Phi) is 3.69. The topological polar surface area (TPSA) is 55.6 Å². The number of aryl methyl sites for hydroxylation is 1. The standard InChI is InChI=1S/C22H18N2O3/c1-14-20-16(12-24(13-26-20)11-15-6-8-23-9-7-15)10-19-17-4-2-3-5-18(17)22(25)27-21(14)19/h2-10H,11-13H2,1H3. The van der Waals surface area contributed by atoms with Crippen LogP contribution in [0.15, 0.2) is 64.1 Å². The third kappa shape index (κ3) is 2.67. The van der Waals surface area contributed by atoms with Gasteiger partial charge in [0.2, 0.25) is 0 Å². The smallest absolute Gasteiger partial charge is 0.344 e. The molecule has 5 heteroatoms. The van der Waals surface area contributed by atoms with E-state index in [9.17, 15) is 4.79 Å². The van der Waals surface area contributed by atoms with E-state index < -0.39 is 0 Å². The molecule has 0 saturated carbocycles. The van der Waals surface area contributed by atoms with Crippen LogP contribution in [0.2, 0.25) is 0 Å². The van der Waals surface area contributed by atoms with Crippen LogP contribution in [0.25, 0.3) is 21.7 Å². The van der Waals surface area contributed by atoms with Gasteiger partial charge in [-0.1, -0.05) is 18.2 Å². The summed E-state index contributed by atoms with van der Waals surface area (Å²) in [7, 11) is 0. The normalized spacial score (nSPS) is 14.3. The summed E-state index contributed by atoms with van der Waals surface area (Å²) in [6.45, 7) is 4.03. The van der Waals surface area contributed by atoms with Crippen molar-refractivity contribution in [2.75, 3.05) is 6.73 Å². The quantitative estimate of drug-likeness (QED) is 0.400. The van der Waals surface area contributed by atoms with Crippen LogP contribution in [0.4, 0.5) is 0 Å². The zero-order chi connectivity index (χ0) is 18.4. The summed E-state index contributed by atoms with van der Waals surface area (Å²) < 4.78 is 11.7. The number of pyridine rings is 1. The van der Waals surface area contributed by atoms with Crippen LogP contribution < -0.4 is 10.4 Å². The fraction of sp³-hybridized carbons (Fsp3) is 0.182. The predicted octanol–water partition coefficient (Wildman–Crippen LogP) is 4.00. The Bertz CT molecular complexity index is 1220. The first kappa shape index (κ1) is 16.0. The summed E-state index contributed by atoms with van der Waals surface area (Å²) in [6, 6.07) is 13.7. The van der Waals surface area contributed by atoms with Gasteiger partial charge in [0.15, 0.2) is 0 Å². The van der Waals surface area contributed by atoms with Crippen LogP contribution >= 0.6 is 0 Å². The minimum absolute atomic E-state index is 0.309. The van der Waals surface area contributed by atoms with E-state index in [1.807, 2.05) is 43.3 Å². The molecule has 0 radical (unpaired) electrons. The first-order valence-corrected chi connectivity index (χ1v) is 8.93. The van der Waals surface area contributed by atoms with Gasteiger partial charge in [0.25, 0.3) is 0 Å². The molecule has 4 aromatic rings. The molecule has 0 bridgehead atoms. The number of benzene rings is 2. The molecule has 0 N–H and O–H groups in total. The minimum atomic E-state index is -0.309. The molecule has 0 saturated heterocycles. The Morgan fingerprint density at radius 2 is 1.85 bits per heavy atom. The van der Waals surface area contributed by atoms with Crippen molar-refractivity contribution in [3.63, 3.8) is 0 Å². The molecule has 0 unspecified atom stereocenters. The van der Waals surface area contributed by atoms with E-state index in [0.717, 1.165) is 40.7 Å². The molecule has 1 aliphatic heterocycles. The third-order valence-electron chi connectivity index (χ3n) is 5.11. The van der Waals surface area contributed by atoms with Gasteiger partial charge >= 0.3 is 5.63 Å². The SMILES string of the molecule is Cc1c2c(cc3c1oc(=O)c1ccccc13)CN(Cc1ccncc1)CO2. The molecule has 134 valence electrons. The number of fused-ring (bicyclic) bond motifs is 4. The first-order valence-electron chi connectivity index (χ1n) is 8.93. The maximum absolute atomic E-state index is 12.3. The average Bonchev–Trinajstić information content (AvgIpc) is 2.70. The average molecular weight is 358 g/mol. The molecule has 2 aromatic heterocycles. The molecule has 5 nitrogen and oxygen atoms in total. The maximum Gasteiger partial charge on any atom is 0.344 e. The number of aromatic nitrogens is 1. The third-order valence-corrected chi connectivity index (χ3v) is 5.11. The van der Waals surface area contributed by atoms with Gasteiger partial charge in [-0.3, -0.25) is 9.88 Å². The second-order valence-corrected chi connectivity index (χ2v) is 6.92. The Labute approximate surface area is 155 Å². The van der Waals surface area contributed by atoms with Crippen molar-refractivity contribution in [3.05, 3.63) is 82.0 Å². The highest BCUT2D eigenvalue weighted by atomic mass is 16.5. The Balaban J connectivity index is 1.62. The molecule has 0 spiro atoms. The van der Waals surface area contributed by atoms with Gasteiger partial charge in [0.1, 0.15) is 18.1 Å². The molecule has 0 aliphatic carbocycles. The van der Waals surface area contributed by atoms with E-state index in [2.05, 4.69) is 16.0 Å². The highest BCUT2D eigenvalue weighted by Crippen LogP contribution is 2.37. The molecular formula is C22H18N2O3. The van der Waals surface area contributed by atoms with Crippen molar-refractivity contribution in [2.24, 2.45) is 0 Å². The fourth-order valence-corrected chi connectivity index (χ4v) is 3.84. The lowest BCUT2D eigenvalue weighted by Crippen LogP contribution is -2.31. The lowest BCUT2D eigenvalue weighted by molar-refractivity contribution is 0.0881.